The Balaban J connectivity index is 1.49. The first-order chi connectivity index (χ1) is 12.3. The highest BCUT2D eigenvalue weighted by Crippen LogP contribution is 2.35. The highest BCUT2D eigenvalue weighted by Gasteiger charge is 2.41. The molecule has 4 heterocycles. The summed E-state index contributed by atoms with van der Waals surface area (Å²) >= 11 is 0. The molecule has 0 bridgehead atoms. The van der Waals surface area contributed by atoms with Gasteiger partial charge in [0.25, 0.3) is 0 Å². The normalized spacial score (nSPS) is 27.6. The fourth-order valence-electron chi connectivity index (χ4n) is 4.48. The number of urea groups is 1. The second kappa shape index (κ2) is 7.20. The average molecular weight is 344 g/mol. The molecule has 1 atom stereocenters. The van der Waals surface area contributed by atoms with E-state index in [1.807, 2.05) is 23.4 Å². The van der Waals surface area contributed by atoms with Crippen LogP contribution in [0.15, 0.2) is 24.5 Å². The fourth-order valence-corrected chi connectivity index (χ4v) is 4.48. The van der Waals surface area contributed by atoms with Gasteiger partial charge in [0.1, 0.15) is 0 Å². The van der Waals surface area contributed by atoms with Gasteiger partial charge in [0, 0.05) is 50.9 Å². The molecule has 0 radical (unpaired) electrons. The number of carbonyl (C=O) groups is 1. The van der Waals surface area contributed by atoms with Crippen LogP contribution in [0.3, 0.4) is 0 Å². The number of pyridine rings is 1. The van der Waals surface area contributed by atoms with Gasteiger partial charge in [-0.25, -0.2) is 4.79 Å². The van der Waals surface area contributed by atoms with E-state index in [0.29, 0.717) is 0 Å². The number of piperidine rings is 1. The van der Waals surface area contributed by atoms with Gasteiger partial charge in [-0.3, -0.25) is 4.98 Å². The molecule has 1 aromatic rings. The van der Waals surface area contributed by atoms with E-state index < -0.39 is 0 Å². The summed E-state index contributed by atoms with van der Waals surface area (Å²) in [6.07, 6.45) is 8.20. The summed E-state index contributed by atoms with van der Waals surface area (Å²) in [6, 6.07) is 4.33. The summed E-state index contributed by atoms with van der Waals surface area (Å²) in [7, 11) is 0. The zero-order valence-electron chi connectivity index (χ0n) is 14.9. The second-order valence-electron chi connectivity index (χ2n) is 7.69. The lowest BCUT2D eigenvalue weighted by atomic mass is 9.80. The van der Waals surface area contributed by atoms with Crippen LogP contribution in [0.5, 0.6) is 0 Å². The van der Waals surface area contributed by atoms with Crippen molar-refractivity contribution in [2.45, 2.75) is 25.7 Å². The molecule has 25 heavy (non-hydrogen) atoms. The van der Waals surface area contributed by atoms with E-state index in [4.69, 9.17) is 4.74 Å². The Bertz CT molecular complexity index is 590. The smallest absolute Gasteiger partial charge is 0.320 e. The number of hydrogen-bond acceptors (Lipinski definition) is 4. The van der Waals surface area contributed by atoms with Crippen molar-refractivity contribution >= 4 is 11.7 Å². The average Bonchev–Trinajstić information content (AvgIpc) is 3.12. The number of carbonyl (C=O) groups excluding carboxylic acids is 1. The number of likely N-dealkylation sites (tertiary alicyclic amines) is 2. The van der Waals surface area contributed by atoms with Crippen LogP contribution in [0.4, 0.5) is 10.5 Å². The van der Waals surface area contributed by atoms with E-state index in [9.17, 15) is 4.79 Å². The van der Waals surface area contributed by atoms with Gasteiger partial charge in [-0.15, -0.1) is 0 Å². The van der Waals surface area contributed by atoms with Gasteiger partial charge in [0.15, 0.2) is 0 Å². The summed E-state index contributed by atoms with van der Waals surface area (Å²) in [5.41, 5.74) is 1.18. The van der Waals surface area contributed by atoms with Crippen molar-refractivity contribution in [3.63, 3.8) is 0 Å². The Hall–Kier alpha value is -1.82. The van der Waals surface area contributed by atoms with E-state index in [-0.39, 0.29) is 11.4 Å². The molecule has 1 aromatic heterocycles. The van der Waals surface area contributed by atoms with Crippen molar-refractivity contribution in [1.29, 1.82) is 0 Å². The third-order valence-electron chi connectivity index (χ3n) is 5.76. The monoisotopic (exact) mass is 344 g/mol. The lowest BCUT2D eigenvalue weighted by Crippen LogP contribution is -2.54. The number of anilines is 1. The van der Waals surface area contributed by atoms with Crippen LogP contribution >= 0.6 is 0 Å². The predicted octanol–water partition coefficient (Wildman–Crippen LogP) is 2.22. The summed E-state index contributed by atoms with van der Waals surface area (Å²) in [5.74, 6) is 0. The Morgan fingerprint density at radius 2 is 1.92 bits per heavy atom. The minimum absolute atomic E-state index is 0.0278. The number of aromatic nitrogens is 1. The second-order valence-corrected chi connectivity index (χ2v) is 7.69. The highest BCUT2D eigenvalue weighted by atomic mass is 16.5. The lowest BCUT2D eigenvalue weighted by molar-refractivity contribution is 0.0200. The minimum atomic E-state index is 0.0278. The van der Waals surface area contributed by atoms with Crippen LogP contribution in [0.1, 0.15) is 25.7 Å². The molecule has 0 N–H and O–H groups in total. The molecule has 0 saturated carbocycles. The van der Waals surface area contributed by atoms with Crippen LogP contribution in [0.25, 0.3) is 0 Å². The zero-order valence-corrected chi connectivity index (χ0v) is 14.9. The Labute approximate surface area is 149 Å². The number of hydrogen-bond donors (Lipinski definition) is 0. The zero-order chi connectivity index (χ0) is 17.1. The van der Waals surface area contributed by atoms with Crippen molar-refractivity contribution in [3.05, 3.63) is 24.5 Å². The molecular formula is C19H28N4O2. The van der Waals surface area contributed by atoms with E-state index in [0.717, 1.165) is 83.9 Å². The lowest BCUT2D eigenvalue weighted by Gasteiger charge is -2.44. The van der Waals surface area contributed by atoms with Crippen molar-refractivity contribution < 1.29 is 9.53 Å². The number of nitrogens with zero attached hydrogens (tertiary/aromatic N) is 4. The molecule has 6 nitrogen and oxygen atoms in total. The molecule has 1 spiro atoms. The quantitative estimate of drug-likeness (QED) is 0.784. The first-order valence-electron chi connectivity index (χ1n) is 9.52. The maximum atomic E-state index is 12.9. The van der Waals surface area contributed by atoms with Crippen LogP contribution in [-0.4, -0.2) is 73.3 Å². The fraction of sp³-hybridized carbons (Fsp3) is 0.684. The molecule has 2 amide bonds. The Morgan fingerprint density at radius 3 is 2.72 bits per heavy atom. The van der Waals surface area contributed by atoms with Gasteiger partial charge in [-0.05, 0) is 37.8 Å². The van der Waals surface area contributed by atoms with Gasteiger partial charge in [0.05, 0.1) is 25.1 Å². The molecule has 0 unspecified atom stereocenters. The molecule has 136 valence electrons. The molecule has 3 aliphatic rings. The van der Waals surface area contributed by atoms with Gasteiger partial charge in [-0.1, -0.05) is 0 Å². The third kappa shape index (κ3) is 3.59. The van der Waals surface area contributed by atoms with Crippen LogP contribution < -0.4 is 4.90 Å². The molecule has 4 rings (SSSR count). The van der Waals surface area contributed by atoms with Gasteiger partial charge in [-0.2, -0.15) is 0 Å². The molecule has 6 heteroatoms. The number of ether oxygens (including phenoxy) is 1. The molecule has 3 aliphatic heterocycles. The summed E-state index contributed by atoms with van der Waals surface area (Å²) in [5, 5.41) is 0. The van der Waals surface area contributed by atoms with E-state index in [1.54, 1.807) is 0 Å². The molecule has 0 aromatic carbocycles. The first-order valence-corrected chi connectivity index (χ1v) is 9.52. The third-order valence-corrected chi connectivity index (χ3v) is 5.76. The molecule has 0 aliphatic carbocycles. The van der Waals surface area contributed by atoms with E-state index in [2.05, 4.69) is 20.9 Å². The first kappa shape index (κ1) is 16.6. The van der Waals surface area contributed by atoms with Crippen molar-refractivity contribution in [3.8, 4) is 0 Å². The largest absolute Gasteiger partial charge is 0.379 e. The maximum Gasteiger partial charge on any atom is 0.320 e. The predicted molar refractivity (Wildman–Crippen MR) is 96.7 cm³/mol. The standard InChI is InChI=1S/C19H28N4O2/c24-18(21-8-1-2-9-21)23-10-4-6-19(15-23)14-22(11-12-25-16-19)17-5-3-7-20-13-17/h3,5,7,13H,1-2,4,6,8-12,14-16H2/t19-/m0/s1. The van der Waals surface area contributed by atoms with Gasteiger partial charge in [0.2, 0.25) is 0 Å². The van der Waals surface area contributed by atoms with Crippen molar-refractivity contribution in [2.24, 2.45) is 5.41 Å². The molecule has 3 saturated heterocycles. The van der Waals surface area contributed by atoms with Gasteiger partial charge >= 0.3 is 6.03 Å². The number of amides is 2. The van der Waals surface area contributed by atoms with E-state index >= 15 is 0 Å². The molecule has 3 fully saturated rings. The van der Waals surface area contributed by atoms with E-state index in [1.165, 1.54) is 0 Å². The topological polar surface area (TPSA) is 48.9 Å². The summed E-state index contributed by atoms with van der Waals surface area (Å²) in [4.78, 5) is 23.6. The Morgan fingerprint density at radius 1 is 1.08 bits per heavy atom. The number of rotatable bonds is 1. The molecular weight excluding hydrogens is 316 g/mol. The Kier molecular flexibility index (Phi) is 4.79. The van der Waals surface area contributed by atoms with Crippen LogP contribution in [-0.2, 0) is 4.74 Å². The van der Waals surface area contributed by atoms with Crippen molar-refractivity contribution in [2.75, 3.05) is 57.4 Å². The van der Waals surface area contributed by atoms with Crippen molar-refractivity contribution in [1.82, 2.24) is 14.8 Å². The van der Waals surface area contributed by atoms with Crippen LogP contribution in [0.2, 0.25) is 0 Å². The maximum absolute atomic E-state index is 12.9. The summed E-state index contributed by atoms with van der Waals surface area (Å²) in [6.45, 7) is 6.81. The highest BCUT2D eigenvalue weighted by molar-refractivity contribution is 5.75. The SMILES string of the molecule is O=C(N1CCCC1)N1CCC[C@@]2(COCCN(c3cccnc3)C2)C1. The minimum Gasteiger partial charge on any atom is -0.379 e. The van der Waals surface area contributed by atoms with Crippen LogP contribution in [0, 0.1) is 5.41 Å². The summed E-state index contributed by atoms with van der Waals surface area (Å²) < 4.78 is 5.98. The van der Waals surface area contributed by atoms with Gasteiger partial charge < -0.3 is 19.4 Å².